The minimum atomic E-state index is -2.97. The van der Waals surface area contributed by atoms with E-state index in [1.54, 1.807) is 6.07 Å². The molecule has 0 unspecified atom stereocenters. The molecule has 0 radical (unpaired) electrons. The number of alkyl halides is 2. The van der Waals surface area contributed by atoms with Crippen LogP contribution in [-0.4, -0.2) is 23.6 Å². The van der Waals surface area contributed by atoms with Crippen LogP contribution >= 0.6 is 0 Å². The molecule has 110 valence electrons. The van der Waals surface area contributed by atoms with Crippen LogP contribution in [0.3, 0.4) is 0 Å². The van der Waals surface area contributed by atoms with Gasteiger partial charge in [0, 0.05) is 12.8 Å². The third kappa shape index (κ3) is 6.12. The molecule has 0 bridgehead atoms. The first-order chi connectivity index (χ1) is 9.49. The van der Waals surface area contributed by atoms with Gasteiger partial charge in [-0.25, -0.2) is 0 Å². The molecule has 0 aliphatic heterocycles. The third-order valence-electron chi connectivity index (χ3n) is 2.42. The van der Waals surface area contributed by atoms with E-state index >= 15 is 0 Å². The summed E-state index contributed by atoms with van der Waals surface area (Å²) in [5, 5.41) is 10.9. The number of halogens is 2. The molecule has 0 heterocycles. The summed E-state index contributed by atoms with van der Waals surface area (Å²) in [6.45, 7) is -2.97. The monoisotopic (exact) mass is 287 g/mol. The van der Waals surface area contributed by atoms with Gasteiger partial charge in [0.05, 0.1) is 5.69 Å². The smallest absolute Gasteiger partial charge is 0.387 e. The van der Waals surface area contributed by atoms with E-state index in [-0.39, 0.29) is 30.2 Å². The van der Waals surface area contributed by atoms with Crippen LogP contribution in [0.25, 0.3) is 0 Å². The van der Waals surface area contributed by atoms with Crippen molar-refractivity contribution in [1.82, 2.24) is 0 Å². The van der Waals surface area contributed by atoms with E-state index in [4.69, 9.17) is 5.11 Å². The van der Waals surface area contributed by atoms with Crippen molar-refractivity contribution in [2.75, 3.05) is 5.32 Å². The topological polar surface area (TPSA) is 75.6 Å². The van der Waals surface area contributed by atoms with Gasteiger partial charge in [-0.3, -0.25) is 9.59 Å². The van der Waals surface area contributed by atoms with Gasteiger partial charge < -0.3 is 15.2 Å². The minimum Gasteiger partial charge on any atom is -0.481 e. The van der Waals surface area contributed by atoms with Crippen molar-refractivity contribution in [3.05, 3.63) is 24.3 Å². The highest BCUT2D eigenvalue weighted by atomic mass is 19.3. The Labute approximate surface area is 114 Å². The van der Waals surface area contributed by atoms with Crippen LogP contribution in [0.15, 0.2) is 24.3 Å². The van der Waals surface area contributed by atoms with Gasteiger partial charge in [-0.2, -0.15) is 8.78 Å². The third-order valence-corrected chi connectivity index (χ3v) is 2.42. The van der Waals surface area contributed by atoms with E-state index in [9.17, 15) is 18.4 Å². The number of unbranched alkanes of at least 4 members (excludes halogenated alkanes) is 1. The molecule has 5 nitrogen and oxygen atoms in total. The maximum atomic E-state index is 12.2. The fourth-order valence-corrected chi connectivity index (χ4v) is 1.54. The average Bonchev–Trinajstić information content (AvgIpc) is 2.36. The van der Waals surface area contributed by atoms with E-state index < -0.39 is 12.6 Å². The van der Waals surface area contributed by atoms with Gasteiger partial charge >= 0.3 is 12.6 Å². The van der Waals surface area contributed by atoms with Crippen LogP contribution in [0.2, 0.25) is 0 Å². The molecule has 2 N–H and O–H groups in total. The van der Waals surface area contributed by atoms with Crippen molar-refractivity contribution >= 4 is 17.6 Å². The number of carboxylic acid groups (broad SMARTS) is 1. The Hall–Kier alpha value is -2.18. The lowest BCUT2D eigenvalue weighted by Gasteiger charge is -2.11. The Kier molecular flexibility index (Phi) is 6.42. The highest BCUT2D eigenvalue weighted by molar-refractivity contribution is 5.92. The molecule has 1 rings (SSSR count). The number of para-hydroxylation sites is 2. The Morgan fingerprint density at radius 1 is 1.20 bits per heavy atom. The molecule has 1 amide bonds. The van der Waals surface area contributed by atoms with Gasteiger partial charge in [0.15, 0.2) is 0 Å². The van der Waals surface area contributed by atoms with Crippen molar-refractivity contribution in [3.63, 3.8) is 0 Å². The van der Waals surface area contributed by atoms with Gasteiger partial charge in [0.2, 0.25) is 5.91 Å². The molecule has 1 aromatic rings. The second kappa shape index (κ2) is 8.08. The number of carbonyl (C=O) groups is 2. The SMILES string of the molecule is O=C(O)CCCCC(=O)Nc1ccccc1OC(F)F. The molecule has 0 atom stereocenters. The summed E-state index contributed by atoms with van der Waals surface area (Å²) in [5.41, 5.74) is 0.163. The fraction of sp³-hybridized carbons (Fsp3) is 0.385. The van der Waals surface area contributed by atoms with Crippen molar-refractivity contribution in [1.29, 1.82) is 0 Å². The zero-order valence-corrected chi connectivity index (χ0v) is 10.6. The average molecular weight is 287 g/mol. The second-order valence-electron chi connectivity index (χ2n) is 4.02. The molecule has 0 aromatic heterocycles. The van der Waals surface area contributed by atoms with Crippen LogP contribution in [0.1, 0.15) is 25.7 Å². The van der Waals surface area contributed by atoms with E-state index in [0.717, 1.165) is 0 Å². The lowest BCUT2D eigenvalue weighted by molar-refractivity contribution is -0.137. The standard InChI is InChI=1S/C13H15F2NO4/c14-13(15)20-10-6-2-1-5-9(10)16-11(17)7-3-4-8-12(18)19/h1-2,5-6,13H,3-4,7-8H2,(H,16,17)(H,18,19). The molecule has 0 aliphatic carbocycles. The molecule has 0 fully saturated rings. The van der Waals surface area contributed by atoms with Crippen molar-refractivity contribution in [3.8, 4) is 5.75 Å². The molecular formula is C13H15F2NO4. The normalized spacial score (nSPS) is 10.3. The summed E-state index contributed by atoms with van der Waals surface area (Å²) in [7, 11) is 0. The predicted octanol–water partition coefficient (Wildman–Crippen LogP) is 2.87. The Balaban J connectivity index is 2.47. The molecule has 0 aliphatic rings. The summed E-state index contributed by atoms with van der Waals surface area (Å²) in [5.74, 6) is -1.40. The van der Waals surface area contributed by atoms with Crippen LogP contribution in [0.4, 0.5) is 14.5 Å². The largest absolute Gasteiger partial charge is 0.481 e. The maximum absolute atomic E-state index is 12.2. The fourth-order valence-electron chi connectivity index (χ4n) is 1.54. The molecule has 20 heavy (non-hydrogen) atoms. The number of aliphatic carboxylic acids is 1. The molecule has 1 aromatic carbocycles. The molecular weight excluding hydrogens is 272 g/mol. The summed E-state index contributed by atoms with van der Waals surface area (Å²) >= 11 is 0. The van der Waals surface area contributed by atoms with Crippen molar-refractivity contribution < 1.29 is 28.2 Å². The summed E-state index contributed by atoms with van der Waals surface area (Å²) in [6.07, 6.45) is 0.919. The molecule has 7 heteroatoms. The molecule has 0 spiro atoms. The maximum Gasteiger partial charge on any atom is 0.387 e. The second-order valence-corrected chi connectivity index (χ2v) is 4.02. The first-order valence-electron chi connectivity index (χ1n) is 6.04. The van der Waals surface area contributed by atoms with Crippen LogP contribution in [0.5, 0.6) is 5.75 Å². The first kappa shape index (κ1) is 15.9. The first-order valence-corrected chi connectivity index (χ1v) is 6.04. The number of anilines is 1. The Morgan fingerprint density at radius 3 is 2.50 bits per heavy atom. The Morgan fingerprint density at radius 2 is 1.85 bits per heavy atom. The molecule has 0 saturated carbocycles. The minimum absolute atomic E-state index is 0.00163. The van der Waals surface area contributed by atoms with E-state index in [1.807, 2.05) is 0 Å². The van der Waals surface area contributed by atoms with Crippen LogP contribution in [0, 0.1) is 0 Å². The Bertz CT molecular complexity index is 465. The summed E-state index contributed by atoms with van der Waals surface area (Å²) in [6, 6.07) is 5.87. The number of carbonyl (C=O) groups excluding carboxylic acids is 1. The van der Waals surface area contributed by atoms with Crippen LogP contribution in [-0.2, 0) is 9.59 Å². The lowest BCUT2D eigenvalue weighted by atomic mass is 10.2. The van der Waals surface area contributed by atoms with Crippen molar-refractivity contribution in [2.45, 2.75) is 32.3 Å². The zero-order chi connectivity index (χ0) is 15.0. The van der Waals surface area contributed by atoms with Crippen molar-refractivity contribution in [2.24, 2.45) is 0 Å². The number of amides is 1. The van der Waals surface area contributed by atoms with Gasteiger partial charge in [-0.15, -0.1) is 0 Å². The highest BCUT2D eigenvalue weighted by Crippen LogP contribution is 2.25. The number of nitrogens with one attached hydrogen (secondary N) is 1. The van der Waals surface area contributed by atoms with Gasteiger partial charge in [0.25, 0.3) is 0 Å². The van der Waals surface area contributed by atoms with E-state index in [1.165, 1.54) is 18.2 Å². The van der Waals surface area contributed by atoms with Gasteiger partial charge in [0.1, 0.15) is 5.75 Å². The molecule has 0 saturated heterocycles. The quantitative estimate of drug-likeness (QED) is 0.721. The number of hydrogen-bond donors (Lipinski definition) is 2. The summed E-state index contributed by atoms with van der Waals surface area (Å²) in [4.78, 5) is 21.9. The summed E-state index contributed by atoms with van der Waals surface area (Å²) < 4.78 is 28.6. The zero-order valence-electron chi connectivity index (χ0n) is 10.6. The predicted molar refractivity (Wildman–Crippen MR) is 67.8 cm³/mol. The van der Waals surface area contributed by atoms with E-state index in [0.29, 0.717) is 12.8 Å². The number of hydrogen-bond acceptors (Lipinski definition) is 3. The number of benzene rings is 1. The lowest BCUT2D eigenvalue weighted by Crippen LogP contribution is -2.13. The number of rotatable bonds is 8. The highest BCUT2D eigenvalue weighted by Gasteiger charge is 2.11. The van der Waals surface area contributed by atoms with Gasteiger partial charge in [-0.05, 0) is 25.0 Å². The van der Waals surface area contributed by atoms with Crippen LogP contribution < -0.4 is 10.1 Å². The number of ether oxygens (including phenoxy) is 1. The number of carboxylic acids is 1. The van der Waals surface area contributed by atoms with E-state index in [2.05, 4.69) is 10.1 Å². The van der Waals surface area contributed by atoms with Gasteiger partial charge in [-0.1, -0.05) is 12.1 Å².